The predicted octanol–water partition coefficient (Wildman–Crippen LogP) is 3.49. The first-order valence-electron chi connectivity index (χ1n) is 9.75. The molecule has 0 aliphatic heterocycles. The van der Waals surface area contributed by atoms with Crippen molar-refractivity contribution in [2.45, 2.75) is 11.4 Å². The lowest BCUT2D eigenvalue weighted by molar-refractivity contribution is 0.0946. The number of anilines is 1. The Kier molecular flexibility index (Phi) is 6.00. The number of benzene rings is 3. The maximum absolute atomic E-state index is 12.7. The van der Waals surface area contributed by atoms with Gasteiger partial charge in [0.1, 0.15) is 0 Å². The fourth-order valence-corrected chi connectivity index (χ4v) is 4.22. The van der Waals surface area contributed by atoms with Crippen molar-refractivity contribution < 1.29 is 17.7 Å². The second-order valence-corrected chi connectivity index (χ2v) is 8.86. The average molecular weight is 449 g/mol. The molecule has 1 N–H and O–H groups in total. The van der Waals surface area contributed by atoms with Crippen LogP contribution in [0.4, 0.5) is 5.69 Å². The molecule has 1 heterocycles. The molecule has 32 heavy (non-hydrogen) atoms. The van der Waals surface area contributed by atoms with Crippen LogP contribution in [0.25, 0.3) is 11.4 Å². The van der Waals surface area contributed by atoms with Crippen LogP contribution >= 0.6 is 0 Å². The lowest BCUT2D eigenvalue weighted by Gasteiger charge is -2.19. The Labute approximate surface area is 185 Å². The summed E-state index contributed by atoms with van der Waals surface area (Å²) >= 11 is 0. The monoisotopic (exact) mass is 448 g/mol. The van der Waals surface area contributed by atoms with Crippen molar-refractivity contribution in [1.29, 1.82) is 0 Å². The zero-order chi connectivity index (χ0) is 22.6. The lowest BCUT2D eigenvalue weighted by atomic mass is 10.2. The molecule has 0 saturated carbocycles. The summed E-state index contributed by atoms with van der Waals surface area (Å²) in [6, 6.07) is 23.8. The van der Waals surface area contributed by atoms with E-state index in [4.69, 9.17) is 4.52 Å². The smallest absolute Gasteiger partial charge is 0.264 e. The van der Waals surface area contributed by atoms with Crippen LogP contribution in [0.2, 0.25) is 0 Å². The summed E-state index contributed by atoms with van der Waals surface area (Å²) in [5.74, 6) is 0.383. The van der Waals surface area contributed by atoms with Crippen LogP contribution in [0, 0.1) is 0 Å². The van der Waals surface area contributed by atoms with Gasteiger partial charge < -0.3 is 9.84 Å². The molecule has 8 nitrogen and oxygen atoms in total. The lowest BCUT2D eigenvalue weighted by Crippen LogP contribution is -2.27. The second kappa shape index (κ2) is 9.03. The van der Waals surface area contributed by atoms with Crippen LogP contribution < -0.4 is 9.62 Å². The van der Waals surface area contributed by atoms with Gasteiger partial charge >= 0.3 is 0 Å². The van der Waals surface area contributed by atoms with Crippen LogP contribution in [-0.4, -0.2) is 31.5 Å². The summed E-state index contributed by atoms with van der Waals surface area (Å²) in [5, 5.41) is 6.63. The molecule has 3 aromatic carbocycles. The third kappa shape index (κ3) is 4.52. The number of hydrogen-bond acceptors (Lipinski definition) is 6. The number of hydrogen-bond donors (Lipinski definition) is 1. The molecule has 0 saturated heterocycles. The van der Waals surface area contributed by atoms with Gasteiger partial charge in [-0.2, -0.15) is 4.98 Å². The zero-order valence-electron chi connectivity index (χ0n) is 17.2. The molecule has 0 radical (unpaired) electrons. The van der Waals surface area contributed by atoms with Crippen LogP contribution in [-0.2, 0) is 16.6 Å². The predicted molar refractivity (Wildman–Crippen MR) is 119 cm³/mol. The summed E-state index contributed by atoms with van der Waals surface area (Å²) in [6.45, 7) is 0.0721. The van der Waals surface area contributed by atoms with Gasteiger partial charge in [0.15, 0.2) is 0 Å². The highest BCUT2D eigenvalue weighted by atomic mass is 32.2. The molecular formula is C23H20N4O4S. The molecule has 0 aliphatic rings. The third-order valence-corrected chi connectivity index (χ3v) is 6.59. The quantitative estimate of drug-likeness (QED) is 0.464. The number of rotatable bonds is 7. The minimum atomic E-state index is -3.69. The van der Waals surface area contributed by atoms with Crippen molar-refractivity contribution in [3.05, 3.63) is 96.4 Å². The first-order chi connectivity index (χ1) is 15.4. The summed E-state index contributed by atoms with van der Waals surface area (Å²) in [5.41, 5.74) is 1.64. The molecule has 0 spiro atoms. The Hall–Kier alpha value is -3.98. The van der Waals surface area contributed by atoms with Crippen LogP contribution in [0.5, 0.6) is 0 Å². The highest BCUT2D eigenvalue weighted by Crippen LogP contribution is 2.22. The van der Waals surface area contributed by atoms with Gasteiger partial charge in [-0.1, -0.05) is 53.7 Å². The van der Waals surface area contributed by atoms with E-state index in [0.29, 0.717) is 17.1 Å². The Morgan fingerprint density at radius 3 is 2.22 bits per heavy atom. The van der Waals surface area contributed by atoms with E-state index in [1.54, 1.807) is 42.5 Å². The fourth-order valence-electron chi connectivity index (χ4n) is 3.00. The van der Waals surface area contributed by atoms with E-state index >= 15 is 0 Å². The molecule has 162 valence electrons. The minimum Gasteiger partial charge on any atom is -0.343 e. The topological polar surface area (TPSA) is 105 Å². The molecule has 0 unspecified atom stereocenters. The van der Waals surface area contributed by atoms with Crippen LogP contribution in [0.3, 0.4) is 0 Å². The number of nitrogens with zero attached hydrogens (tertiary/aromatic N) is 3. The molecule has 0 fully saturated rings. The van der Waals surface area contributed by atoms with Gasteiger partial charge in [-0.05, 0) is 36.4 Å². The van der Waals surface area contributed by atoms with Gasteiger partial charge in [0.05, 0.1) is 17.1 Å². The highest BCUT2D eigenvalue weighted by Gasteiger charge is 2.21. The Morgan fingerprint density at radius 2 is 1.56 bits per heavy atom. The molecule has 9 heteroatoms. The maximum atomic E-state index is 12.7. The first kappa shape index (κ1) is 21.3. The van der Waals surface area contributed by atoms with Gasteiger partial charge in [0, 0.05) is 18.2 Å². The molecule has 4 aromatic rings. The molecular weight excluding hydrogens is 428 g/mol. The Balaban J connectivity index is 1.40. The summed E-state index contributed by atoms with van der Waals surface area (Å²) in [6.07, 6.45) is 0. The number of amides is 1. The van der Waals surface area contributed by atoms with Gasteiger partial charge in [0.2, 0.25) is 11.7 Å². The maximum Gasteiger partial charge on any atom is 0.264 e. The summed E-state index contributed by atoms with van der Waals surface area (Å²) in [4.78, 5) is 16.9. The largest absolute Gasteiger partial charge is 0.343 e. The standard InChI is InChI=1S/C23H20N4O4S/c1-27(32(29,30)20-10-6-3-7-11-20)19-14-12-18(13-15-19)23(28)24-16-21-25-22(26-31-21)17-8-4-2-5-9-17/h2-15H,16H2,1H3,(H,24,28). The van der Waals surface area contributed by atoms with E-state index in [0.717, 1.165) is 5.56 Å². The molecule has 0 atom stereocenters. The van der Waals surface area contributed by atoms with Crippen molar-refractivity contribution in [1.82, 2.24) is 15.5 Å². The van der Waals surface area contributed by atoms with Crippen LogP contribution in [0.1, 0.15) is 16.2 Å². The van der Waals surface area contributed by atoms with Crippen molar-refractivity contribution in [2.24, 2.45) is 0 Å². The molecule has 1 amide bonds. The van der Waals surface area contributed by atoms with E-state index in [9.17, 15) is 13.2 Å². The van der Waals surface area contributed by atoms with Gasteiger partial charge in [-0.3, -0.25) is 9.10 Å². The Bertz CT molecular complexity index is 1310. The van der Waals surface area contributed by atoms with E-state index in [1.807, 2.05) is 30.3 Å². The summed E-state index contributed by atoms with van der Waals surface area (Å²) < 4.78 is 31.8. The van der Waals surface area contributed by atoms with Crippen LogP contribution in [0.15, 0.2) is 94.3 Å². The molecule has 0 bridgehead atoms. The summed E-state index contributed by atoms with van der Waals surface area (Å²) in [7, 11) is -2.22. The van der Waals surface area contributed by atoms with E-state index in [2.05, 4.69) is 15.5 Å². The van der Waals surface area contributed by atoms with E-state index in [1.165, 1.54) is 23.5 Å². The van der Waals surface area contributed by atoms with Crippen molar-refractivity contribution in [3.8, 4) is 11.4 Å². The molecule has 0 aliphatic carbocycles. The normalized spacial score (nSPS) is 11.2. The fraction of sp³-hybridized carbons (Fsp3) is 0.0870. The van der Waals surface area contributed by atoms with E-state index in [-0.39, 0.29) is 23.2 Å². The third-order valence-electron chi connectivity index (χ3n) is 4.79. The van der Waals surface area contributed by atoms with Crippen molar-refractivity contribution >= 4 is 21.6 Å². The SMILES string of the molecule is CN(c1ccc(C(=O)NCc2nc(-c3ccccc3)no2)cc1)S(=O)(=O)c1ccccc1. The van der Waals surface area contributed by atoms with E-state index < -0.39 is 10.0 Å². The minimum absolute atomic E-state index is 0.0721. The first-order valence-corrected chi connectivity index (χ1v) is 11.2. The number of carbonyl (C=O) groups excluding carboxylic acids is 1. The van der Waals surface area contributed by atoms with Crippen molar-refractivity contribution in [2.75, 3.05) is 11.4 Å². The number of nitrogens with one attached hydrogen (secondary N) is 1. The van der Waals surface area contributed by atoms with Gasteiger partial charge in [0.25, 0.3) is 15.9 Å². The number of carbonyl (C=O) groups is 1. The highest BCUT2D eigenvalue weighted by molar-refractivity contribution is 7.92. The molecule has 1 aromatic heterocycles. The molecule has 4 rings (SSSR count). The zero-order valence-corrected chi connectivity index (χ0v) is 18.0. The number of sulfonamides is 1. The van der Waals surface area contributed by atoms with Gasteiger partial charge in [-0.25, -0.2) is 8.42 Å². The number of aromatic nitrogens is 2. The second-order valence-electron chi connectivity index (χ2n) is 6.89. The average Bonchev–Trinajstić information content (AvgIpc) is 3.32. The Morgan fingerprint density at radius 1 is 0.938 bits per heavy atom. The van der Waals surface area contributed by atoms with Crippen molar-refractivity contribution in [3.63, 3.8) is 0 Å². The van der Waals surface area contributed by atoms with Gasteiger partial charge in [-0.15, -0.1) is 0 Å².